The van der Waals surface area contributed by atoms with E-state index < -0.39 is 34.8 Å². The lowest BCUT2D eigenvalue weighted by Crippen LogP contribution is -2.31. The molecule has 0 fully saturated rings. The van der Waals surface area contributed by atoms with Crippen LogP contribution in [0.25, 0.3) is 5.69 Å². The van der Waals surface area contributed by atoms with Crippen molar-refractivity contribution >= 4 is 29.2 Å². The summed E-state index contributed by atoms with van der Waals surface area (Å²) in [7, 11) is 3.59. The molecule has 0 saturated heterocycles. The largest absolute Gasteiger partial charge is 0.302 e. The monoisotopic (exact) mass is 535 g/mol. The van der Waals surface area contributed by atoms with Crippen molar-refractivity contribution in [3.05, 3.63) is 111 Å². The van der Waals surface area contributed by atoms with Gasteiger partial charge < -0.3 is 4.90 Å². The lowest BCUT2D eigenvalue weighted by molar-refractivity contribution is 0.0637. The Morgan fingerprint density at radius 1 is 0.895 bits per heavy atom. The minimum absolute atomic E-state index is 0.107. The maximum absolute atomic E-state index is 14.6. The van der Waals surface area contributed by atoms with E-state index in [9.17, 15) is 23.2 Å². The number of nitrogens with zero attached hydrogens (tertiary/aromatic N) is 5. The molecule has 1 aromatic heterocycles. The SMILES string of the molecule is CN(C)Cc1nnc(CN2C(=O)c3ccccc3C2=O)n1-c1ccc(Cl)cc1C(=O)c1c(F)cccc1F. The van der Waals surface area contributed by atoms with Gasteiger partial charge >= 0.3 is 0 Å². The Balaban J connectivity index is 1.65. The number of carbonyl (C=O) groups is 3. The molecule has 0 spiro atoms. The molecule has 0 aliphatic carbocycles. The zero-order valence-electron chi connectivity index (χ0n) is 20.3. The molecule has 1 aliphatic heterocycles. The smallest absolute Gasteiger partial charge is 0.261 e. The Morgan fingerprint density at radius 2 is 1.50 bits per heavy atom. The number of ketones is 1. The van der Waals surface area contributed by atoms with Gasteiger partial charge in [0.15, 0.2) is 11.6 Å². The molecule has 11 heteroatoms. The Bertz CT molecular complexity index is 1560. The summed E-state index contributed by atoms with van der Waals surface area (Å²) in [5, 5.41) is 8.62. The highest BCUT2D eigenvalue weighted by molar-refractivity contribution is 6.31. The molecule has 0 radical (unpaired) electrons. The summed E-state index contributed by atoms with van der Waals surface area (Å²) >= 11 is 6.19. The van der Waals surface area contributed by atoms with Crippen molar-refractivity contribution in [2.45, 2.75) is 13.1 Å². The third-order valence-electron chi connectivity index (χ3n) is 6.07. The molecule has 0 unspecified atom stereocenters. The summed E-state index contributed by atoms with van der Waals surface area (Å²) in [4.78, 5) is 42.3. The van der Waals surface area contributed by atoms with Crippen molar-refractivity contribution in [3.8, 4) is 5.69 Å². The van der Waals surface area contributed by atoms with E-state index in [-0.39, 0.29) is 46.3 Å². The quantitative estimate of drug-likeness (QED) is 0.259. The molecule has 3 aromatic carbocycles. The number of rotatable bonds is 7. The Labute approximate surface area is 221 Å². The number of imide groups is 1. The topological polar surface area (TPSA) is 88.4 Å². The second-order valence-corrected chi connectivity index (χ2v) is 9.37. The first-order valence-corrected chi connectivity index (χ1v) is 11.9. The Hall–Kier alpha value is -4.28. The predicted octanol–water partition coefficient (Wildman–Crippen LogP) is 4.29. The van der Waals surface area contributed by atoms with Crippen LogP contribution in [0.3, 0.4) is 0 Å². The third kappa shape index (κ3) is 4.37. The molecule has 0 N–H and O–H groups in total. The van der Waals surface area contributed by atoms with Gasteiger partial charge in [-0.3, -0.25) is 23.9 Å². The van der Waals surface area contributed by atoms with Crippen LogP contribution in [0, 0.1) is 11.6 Å². The highest BCUT2D eigenvalue weighted by atomic mass is 35.5. The minimum atomic E-state index is -1.02. The van der Waals surface area contributed by atoms with E-state index in [1.807, 2.05) is 0 Å². The van der Waals surface area contributed by atoms with Gasteiger partial charge in [-0.05, 0) is 56.6 Å². The van der Waals surface area contributed by atoms with Crippen molar-refractivity contribution in [2.24, 2.45) is 0 Å². The van der Waals surface area contributed by atoms with Crippen LogP contribution >= 0.6 is 11.6 Å². The molecule has 5 rings (SSSR count). The molecule has 0 saturated carbocycles. The van der Waals surface area contributed by atoms with Gasteiger partial charge in [0.2, 0.25) is 5.78 Å². The standard InChI is InChI=1S/C27H20ClF2N5O3/c1-33(2)13-22-31-32-23(14-34-26(37)16-6-3-4-7-17(16)27(34)38)35(22)21-11-10-15(28)12-18(21)25(36)24-19(29)8-5-9-20(24)30/h3-12H,13-14H2,1-2H3. The Morgan fingerprint density at radius 3 is 2.11 bits per heavy atom. The molecule has 38 heavy (non-hydrogen) atoms. The number of benzene rings is 3. The van der Waals surface area contributed by atoms with Gasteiger partial charge in [0, 0.05) is 10.6 Å². The summed E-state index contributed by atoms with van der Waals surface area (Å²) in [6.07, 6.45) is 0. The summed E-state index contributed by atoms with van der Waals surface area (Å²) in [5.41, 5.74) is -0.107. The maximum atomic E-state index is 14.6. The molecule has 2 amide bonds. The van der Waals surface area contributed by atoms with Gasteiger partial charge in [-0.2, -0.15) is 0 Å². The number of hydrogen-bond donors (Lipinski definition) is 0. The van der Waals surface area contributed by atoms with Crippen molar-refractivity contribution in [1.82, 2.24) is 24.6 Å². The maximum Gasteiger partial charge on any atom is 0.261 e. The van der Waals surface area contributed by atoms with Gasteiger partial charge in [0.25, 0.3) is 11.8 Å². The summed E-state index contributed by atoms with van der Waals surface area (Å²) in [6.45, 7) is 0.0104. The van der Waals surface area contributed by atoms with Crippen molar-refractivity contribution in [2.75, 3.05) is 14.1 Å². The molecule has 0 bridgehead atoms. The average molecular weight is 536 g/mol. The van der Waals surface area contributed by atoms with Gasteiger partial charge in [0.1, 0.15) is 11.6 Å². The van der Waals surface area contributed by atoms with Gasteiger partial charge in [0.05, 0.1) is 35.5 Å². The third-order valence-corrected chi connectivity index (χ3v) is 6.30. The number of amides is 2. The normalized spacial score (nSPS) is 12.9. The second kappa shape index (κ2) is 9.88. The fraction of sp³-hybridized carbons (Fsp3) is 0.148. The lowest BCUT2D eigenvalue weighted by atomic mass is 10.00. The van der Waals surface area contributed by atoms with E-state index in [0.29, 0.717) is 5.82 Å². The molecule has 4 aromatic rings. The lowest BCUT2D eigenvalue weighted by Gasteiger charge is -2.19. The van der Waals surface area contributed by atoms with E-state index in [1.165, 1.54) is 22.8 Å². The molecule has 1 aliphatic rings. The van der Waals surface area contributed by atoms with Gasteiger partial charge in [-0.15, -0.1) is 10.2 Å². The van der Waals surface area contributed by atoms with E-state index in [0.717, 1.165) is 23.1 Å². The first-order chi connectivity index (χ1) is 18.2. The van der Waals surface area contributed by atoms with Crippen LogP contribution in [-0.2, 0) is 13.1 Å². The fourth-order valence-electron chi connectivity index (χ4n) is 4.38. The van der Waals surface area contributed by atoms with Crippen molar-refractivity contribution in [3.63, 3.8) is 0 Å². The number of hydrogen-bond acceptors (Lipinski definition) is 6. The number of aromatic nitrogens is 3. The van der Waals surface area contributed by atoms with E-state index >= 15 is 0 Å². The van der Waals surface area contributed by atoms with Crippen molar-refractivity contribution in [1.29, 1.82) is 0 Å². The highest BCUT2D eigenvalue weighted by Gasteiger charge is 2.36. The molecule has 192 valence electrons. The molecular weight excluding hydrogens is 516 g/mol. The first kappa shape index (κ1) is 25.4. The van der Waals surface area contributed by atoms with Crippen LogP contribution in [-0.4, -0.2) is 56.3 Å². The predicted molar refractivity (Wildman–Crippen MR) is 134 cm³/mol. The number of carbonyl (C=O) groups excluding carboxylic acids is 3. The molecule has 8 nitrogen and oxygen atoms in total. The Kier molecular flexibility index (Phi) is 6.60. The van der Waals surface area contributed by atoms with Crippen LogP contribution < -0.4 is 0 Å². The van der Waals surface area contributed by atoms with Crippen LogP contribution in [0.1, 0.15) is 48.3 Å². The van der Waals surface area contributed by atoms with Crippen LogP contribution in [0.2, 0.25) is 5.02 Å². The molecular formula is C27H20ClF2N5O3. The number of fused-ring (bicyclic) bond motifs is 1. The van der Waals surface area contributed by atoms with Crippen LogP contribution in [0.4, 0.5) is 8.78 Å². The zero-order chi connectivity index (χ0) is 27.1. The summed E-state index contributed by atoms with van der Waals surface area (Å²) < 4.78 is 30.6. The van der Waals surface area contributed by atoms with E-state index in [2.05, 4.69) is 10.2 Å². The molecule has 2 heterocycles. The highest BCUT2D eigenvalue weighted by Crippen LogP contribution is 2.29. The van der Waals surface area contributed by atoms with Crippen LogP contribution in [0.15, 0.2) is 60.7 Å². The summed E-state index contributed by atoms with van der Waals surface area (Å²) in [5.74, 6) is -3.43. The minimum Gasteiger partial charge on any atom is -0.302 e. The number of halogens is 3. The van der Waals surface area contributed by atoms with E-state index in [1.54, 1.807) is 43.3 Å². The average Bonchev–Trinajstić information content (AvgIpc) is 3.37. The van der Waals surface area contributed by atoms with Crippen LogP contribution in [0.5, 0.6) is 0 Å². The first-order valence-electron chi connectivity index (χ1n) is 11.5. The summed E-state index contributed by atoms with van der Waals surface area (Å²) in [6, 6.07) is 13.9. The van der Waals surface area contributed by atoms with Gasteiger partial charge in [-0.25, -0.2) is 8.78 Å². The second-order valence-electron chi connectivity index (χ2n) is 8.93. The fourth-order valence-corrected chi connectivity index (χ4v) is 4.55. The van der Waals surface area contributed by atoms with Crippen molar-refractivity contribution < 1.29 is 23.2 Å². The van der Waals surface area contributed by atoms with Gasteiger partial charge in [-0.1, -0.05) is 29.8 Å². The molecule has 0 atom stereocenters. The zero-order valence-corrected chi connectivity index (χ0v) is 21.0. The van der Waals surface area contributed by atoms with E-state index in [4.69, 9.17) is 11.6 Å².